The lowest BCUT2D eigenvalue weighted by atomic mass is 10.5. The third-order valence-corrected chi connectivity index (χ3v) is 13.3. The highest BCUT2D eigenvalue weighted by atomic mass is 32.4. The van der Waals surface area contributed by atoms with E-state index in [0.29, 0.717) is 0 Å². The highest BCUT2D eigenvalue weighted by molar-refractivity contribution is 8.24. The summed E-state index contributed by atoms with van der Waals surface area (Å²) in [6.45, 7) is 3.50. The van der Waals surface area contributed by atoms with Crippen molar-refractivity contribution in [3.63, 3.8) is 0 Å². The minimum Gasteiger partial charge on any atom is -0.473 e. The Balaban J connectivity index is 8.49. The Morgan fingerprint density at radius 3 is 1.24 bits per heavy atom. The number of halogens is 5. The van der Waals surface area contributed by atoms with Gasteiger partial charge in [-0.3, -0.25) is 4.74 Å². The average molecular weight is 540 g/mol. The van der Waals surface area contributed by atoms with Gasteiger partial charge in [0, 0.05) is 6.42 Å². The van der Waals surface area contributed by atoms with Crippen molar-refractivity contribution in [1.29, 1.82) is 0 Å². The van der Waals surface area contributed by atoms with E-state index in [4.69, 9.17) is 0 Å². The highest BCUT2D eigenvalue weighted by Crippen LogP contribution is 2.53. The zero-order valence-electron chi connectivity index (χ0n) is 13.4. The molecule has 0 N–H and O–H groups in total. The molecule has 0 aliphatic rings. The molecule has 0 amide bonds. The van der Waals surface area contributed by atoms with Gasteiger partial charge in [-0.1, -0.05) is 13.5 Å². The van der Waals surface area contributed by atoms with Crippen LogP contribution >= 0.6 is 0 Å². The molecule has 0 rings (SSSR count). The van der Waals surface area contributed by atoms with E-state index >= 15 is 0 Å². The average Bonchev–Trinajstić information content (AvgIpc) is 2.38. The van der Waals surface area contributed by atoms with Crippen molar-refractivity contribution < 1.29 is 71.0 Å². The summed E-state index contributed by atoms with van der Waals surface area (Å²) < 4.78 is 175. The molecule has 0 radical (unpaired) electrons. The Labute approximate surface area is 162 Å². The molecule has 22 heteroatoms. The minimum absolute atomic E-state index is 0.161. The van der Waals surface area contributed by atoms with Gasteiger partial charge in [0.25, 0.3) is 0 Å². The molecule has 0 aromatic rings. The van der Waals surface area contributed by atoms with Gasteiger partial charge in [0.05, 0.1) is 6.26 Å². The van der Waals surface area contributed by atoms with Gasteiger partial charge in [0.1, 0.15) is 0 Å². The third-order valence-electron chi connectivity index (χ3n) is 2.85. The maximum atomic E-state index is 13.9. The first kappa shape index (κ1) is 27.9. The Morgan fingerprint density at radius 2 is 1.07 bits per heavy atom. The standard InChI is InChI=1S/C7H9F5O12S5/c1-3-5(23-4-2)24-6(25(8,13)14,26(9,15)16)7(27(10,17)18,28(11,19)20)29(12,21)22/h4-5H,2-3H2,1H3. The number of ether oxygens (including phenoxy) is 2. The lowest BCUT2D eigenvalue weighted by Gasteiger charge is -2.36. The number of hydrogen-bond donors (Lipinski definition) is 0. The first-order chi connectivity index (χ1) is 12.5. The first-order valence-electron chi connectivity index (χ1n) is 6.14. The quantitative estimate of drug-likeness (QED) is 0.144. The maximum Gasteiger partial charge on any atom is 0.420 e. The fourth-order valence-corrected chi connectivity index (χ4v) is 11.4. The lowest BCUT2D eigenvalue weighted by Crippen LogP contribution is -2.71. The molecule has 0 aromatic carbocycles. The van der Waals surface area contributed by atoms with Crippen LogP contribution in [0.1, 0.15) is 13.3 Å². The summed E-state index contributed by atoms with van der Waals surface area (Å²) in [4.78, 5) is 0. The first-order valence-corrected chi connectivity index (χ1v) is 13.1. The van der Waals surface area contributed by atoms with Gasteiger partial charge in [-0.25, -0.2) is 0 Å². The van der Waals surface area contributed by atoms with Crippen molar-refractivity contribution in [3.8, 4) is 0 Å². The number of hydrogen-bond acceptors (Lipinski definition) is 12. The second kappa shape index (κ2) is 7.86. The largest absolute Gasteiger partial charge is 0.473 e. The van der Waals surface area contributed by atoms with E-state index in [1.165, 1.54) is 0 Å². The zero-order chi connectivity index (χ0) is 23.9. The van der Waals surface area contributed by atoms with E-state index in [0.717, 1.165) is 6.92 Å². The van der Waals surface area contributed by atoms with Crippen molar-refractivity contribution in [2.45, 2.75) is 27.3 Å². The van der Waals surface area contributed by atoms with Crippen LogP contribution in [0.3, 0.4) is 0 Å². The SMILES string of the molecule is C=COC(CC)OC(C(S(=O)(=O)F)(S(=O)(=O)F)S(=O)(=O)F)(S(=O)(=O)F)S(=O)(=O)F. The molecule has 12 nitrogen and oxygen atoms in total. The fourth-order valence-electron chi connectivity index (χ4n) is 1.90. The van der Waals surface area contributed by atoms with Crippen LogP contribution in [0.15, 0.2) is 12.8 Å². The third kappa shape index (κ3) is 4.22. The van der Waals surface area contributed by atoms with Crippen molar-refractivity contribution >= 4 is 51.1 Å². The summed E-state index contributed by atoms with van der Waals surface area (Å²) in [6, 6.07) is 0. The molecule has 0 heterocycles. The molecule has 0 aromatic heterocycles. The topological polar surface area (TPSA) is 189 Å². The molecule has 1 atom stereocenters. The molecule has 0 spiro atoms. The predicted octanol–water partition coefficient (Wildman–Crippen LogP) is -0.297. The van der Waals surface area contributed by atoms with Crippen LogP contribution in [0.2, 0.25) is 0 Å². The summed E-state index contributed by atoms with van der Waals surface area (Å²) in [5, 5.41) is 0. The fraction of sp³-hybridized carbons (Fsp3) is 0.714. The van der Waals surface area contributed by atoms with Gasteiger partial charge in [-0.05, 0) is 0 Å². The summed E-state index contributed by atoms with van der Waals surface area (Å²) in [5.41, 5.74) is 0. The smallest absolute Gasteiger partial charge is 0.420 e. The van der Waals surface area contributed by atoms with Crippen LogP contribution in [0, 0.1) is 0 Å². The van der Waals surface area contributed by atoms with Crippen molar-refractivity contribution in [3.05, 3.63) is 12.8 Å². The lowest BCUT2D eigenvalue weighted by molar-refractivity contribution is -0.134. The minimum atomic E-state index is -8.31. The Hall–Kier alpha value is -1.10. The summed E-state index contributed by atoms with van der Waals surface area (Å²) in [7, 11) is -41.1. The second-order valence-electron chi connectivity index (χ2n) is 4.56. The van der Waals surface area contributed by atoms with Crippen LogP contribution in [-0.2, 0) is 60.6 Å². The Morgan fingerprint density at radius 1 is 0.759 bits per heavy atom. The van der Waals surface area contributed by atoms with E-state index < -0.39 is 71.5 Å². The van der Waals surface area contributed by atoms with E-state index in [9.17, 15) is 61.5 Å². The van der Waals surface area contributed by atoms with Gasteiger partial charge < -0.3 is 4.74 Å². The molecule has 1 unspecified atom stereocenters. The van der Waals surface area contributed by atoms with E-state index in [-0.39, 0.29) is 6.26 Å². The van der Waals surface area contributed by atoms with Crippen LogP contribution in [0.4, 0.5) is 19.4 Å². The van der Waals surface area contributed by atoms with Crippen LogP contribution < -0.4 is 0 Å². The summed E-state index contributed by atoms with van der Waals surface area (Å²) >= 11 is 0. The molecule has 29 heavy (non-hydrogen) atoms. The molecule has 174 valence electrons. The second-order valence-corrected chi connectivity index (χ2v) is 13.0. The Bertz CT molecular complexity index is 1070. The summed E-state index contributed by atoms with van der Waals surface area (Å²) in [5.74, 6) is 0. The highest BCUT2D eigenvalue weighted by Gasteiger charge is 2.92. The van der Waals surface area contributed by atoms with E-state index in [1.54, 1.807) is 0 Å². The van der Waals surface area contributed by atoms with Crippen LogP contribution in [0.25, 0.3) is 0 Å². The zero-order valence-corrected chi connectivity index (χ0v) is 17.5. The molecular formula is C7H9F5O12S5. The van der Waals surface area contributed by atoms with Gasteiger partial charge in [-0.2, -0.15) is 42.1 Å². The van der Waals surface area contributed by atoms with Crippen LogP contribution in [0.5, 0.6) is 0 Å². The molecule has 0 bridgehead atoms. The molecular weight excluding hydrogens is 531 g/mol. The van der Waals surface area contributed by atoms with Crippen LogP contribution in [-0.4, -0.2) is 56.1 Å². The monoisotopic (exact) mass is 540 g/mol. The van der Waals surface area contributed by atoms with Crippen molar-refractivity contribution in [1.82, 2.24) is 0 Å². The molecule has 0 fully saturated rings. The van der Waals surface area contributed by atoms with Gasteiger partial charge in [0.2, 0.25) is 6.29 Å². The number of rotatable bonds is 11. The van der Waals surface area contributed by atoms with Gasteiger partial charge in [-0.15, -0.1) is 19.4 Å². The van der Waals surface area contributed by atoms with Gasteiger partial charge >= 0.3 is 58.8 Å². The van der Waals surface area contributed by atoms with Gasteiger partial charge in [0.15, 0.2) is 0 Å². The molecule has 0 saturated heterocycles. The molecule has 0 aliphatic carbocycles. The Kier molecular flexibility index (Phi) is 7.57. The van der Waals surface area contributed by atoms with Crippen molar-refractivity contribution in [2.24, 2.45) is 0 Å². The maximum absolute atomic E-state index is 13.9. The normalized spacial score (nSPS) is 16.2. The van der Waals surface area contributed by atoms with E-state index in [2.05, 4.69) is 16.1 Å². The molecule has 0 aliphatic heterocycles. The summed E-state index contributed by atoms with van der Waals surface area (Å²) in [6.07, 6.45) is -3.75. The van der Waals surface area contributed by atoms with Crippen molar-refractivity contribution in [2.75, 3.05) is 0 Å². The predicted molar refractivity (Wildman–Crippen MR) is 82.0 cm³/mol. The van der Waals surface area contributed by atoms with E-state index in [1.807, 2.05) is 0 Å². The molecule has 0 saturated carbocycles.